The van der Waals surface area contributed by atoms with Crippen LogP contribution >= 0.6 is 0 Å². The van der Waals surface area contributed by atoms with Gasteiger partial charge in [0, 0.05) is 19.1 Å². The quantitative estimate of drug-likeness (QED) is 0.500. The van der Waals surface area contributed by atoms with Crippen molar-refractivity contribution < 1.29 is 23.7 Å². The maximum absolute atomic E-state index is 13.0. The molecule has 0 aliphatic carbocycles. The van der Waals surface area contributed by atoms with Gasteiger partial charge in [0.15, 0.2) is 23.0 Å². The molecule has 1 aliphatic heterocycles. The van der Waals surface area contributed by atoms with Crippen LogP contribution in [0.5, 0.6) is 23.0 Å². The van der Waals surface area contributed by atoms with E-state index in [9.17, 15) is 4.79 Å². The van der Waals surface area contributed by atoms with E-state index < -0.39 is 0 Å². The monoisotopic (exact) mass is 470 g/mol. The number of rotatable bonds is 11. The molecule has 0 N–H and O–H groups in total. The lowest BCUT2D eigenvalue weighted by molar-refractivity contribution is -0.130. The Balaban J connectivity index is 1.53. The number of hydrogen-bond acceptors (Lipinski definition) is 6. The number of aryl methyl sites for hydroxylation is 1. The standard InChI is InChI=1S/C27H38N2O5/c1-19(28(2)12-7-8-20-9-10-23(31-3)24(14-20)32-4)18-29-13-11-21-15-25(33-5)26(34-6)16-22(21)17-27(29)30/h9-10,14-16,19H,7-8,11-13,17-18H2,1-6H3. The number of carbonyl (C=O) groups is 1. The van der Waals surface area contributed by atoms with Gasteiger partial charge in [-0.2, -0.15) is 0 Å². The summed E-state index contributed by atoms with van der Waals surface area (Å²) < 4.78 is 21.6. The highest BCUT2D eigenvalue weighted by molar-refractivity contribution is 5.80. The largest absolute Gasteiger partial charge is 0.493 e. The summed E-state index contributed by atoms with van der Waals surface area (Å²) in [6.45, 7) is 4.57. The topological polar surface area (TPSA) is 60.5 Å². The summed E-state index contributed by atoms with van der Waals surface area (Å²) >= 11 is 0. The fraction of sp³-hybridized carbons (Fsp3) is 0.519. The van der Waals surface area contributed by atoms with Crippen LogP contribution in [0.1, 0.15) is 30.0 Å². The van der Waals surface area contributed by atoms with Gasteiger partial charge in [0.2, 0.25) is 5.91 Å². The fourth-order valence-electron chi connectivity index (χ4n) is 4.46. The molecule has 2 aromatic carbocycles. The fourth-order valence-corrected chi connectivity index (χ4v) is 4.46. The third kappa shape index (κ3) is 6.14. The van der Waals surface area contributed by atoms with Crippen LogP contribution in [0, 0.1) is 0 Å². The van der Waals surface area contributed by atoms with Gasteiger partial charge in [0.05, 0.1) is 34.9 Å². The molecule has 0 saturated carbocycles. The van der Waals surface area contributed by atoms with Crippen LogP contribution in [0.4, 0.5) is 0 Å². The summed E-state index contributed by atoms with van der Waals surface area (Å²) in [5.41, 5.74) is 3.41. The average Bonchev–Trinajstić information content (AvgIpc) is 3.00. The zero-order chi connectivity index (χ0) is 24.7. The molecule has 0 spiro atoms. The minimum absolute atomic E-state index is 0.163. The van der Waals surface area contributed by atoms with Crippen molar-refractivity contribution in [3.63, 3.8) is 0 Å². The lowest BCUT2D eigenvalue weighted by Crippen LogP contribution is -2.44. The van der Waals surface area contributed by atoms with Gasteiger partial charge in [-0.05, 0) is 80.7 Å². The Morgan fingerprint density at radius 3 is 2.18 bits per heavy atom. The number of hydrogen-bond donors (Lipinski definition) is 0. The first-order valence-corrected chi connectivity index (χ1v) is 11.8. The molecular weight excluding hydrogens is 432 g/mol. The highest BCUT2D eigenvalue weighted by Crippen LogP contribution is 2.32. The van der Waals surface area contributed by atoms with E-state index in [0.29, 0.717) is 31.0 Å². The van der Waals surface area contributed by atoms with Gasteiger partial charge in [-0.15, -0.1) is 0 Å². The van der Waals surface area contributed by atoms with Gasteiger partial charge in [-0.25, -0.2) is 0 Å². The molecule has 2 aromatic rings. The second-order valence-electron chi connectivity index (χ2n) is 8.86. The molecule has 7 heteroatoms. The second-order valence-corrected chi connectivity index (χ2v) is 8.86. The summed E-state index contributed by atoms with van der Waals surface area (Å²) in [7, 11) is 8.70. The zero-order valence-corrected chi connectivity index (χ0v) is 21.3. The van der Waals surface area contributed by atoms with Gasteiger partial charge in [0.25, 0.3) is 0 Å². The predicted octanol–water partition coefficient (Wildman–Crippen LogP) is 3.60. The molecule has 7 nitrogen and oxygen atoms in total. The summed E-state index contributed by atoms with van der Waals surface area (Å²) in [4.78, 5) is 17.3. The molecule has 1 heterocycles. The van der Waals surface area contributed by atoms with Gasteiger partial charge in [-0.1, -0.05) is 6.07 Å². The highest BCUT2D eigenvalue weighted by Gasteiger charge is 2.24. The van der Waals surface area contributed by atoms with Gasteiger partial charge in [0.1, 0.15) is 0 Å². The van der Waals surface area contributed by atoms with Crippen molar-refractivity contribution in [2.24, 2.45) is 0 Å². The van der Waals surface area contributed by atoms with E-state index in [0.717, 1.165) is 48.4 Å². The first kappa shape index (κ1) is 25.7. The first-order chi connectivity index (χ1) is 16.4. The van der Waals surface area contributed by atoms with Gasteiger partial charge in [-0.3, -0.25) is 4.79 Å². The Morgan fingerprint density at radius 2 is 1.53 bits per heavy atom. The first-order valence-electron chi connectivity index (χ1n) is 11.8. The molecule has 0 bridgehead atoms. The van der Waals surface area contributed by atoms with Crippen LogP contribution in [-0.2, 0) is 24.1 Å². The molecule has 1 unspecified atom stereocenters. The van der Waals surface area contributed by atoms with E-state index in [2.05, 4.69) is 24.9 Å². The van der Waals surface area contributed by atoms with E-state index in [1.165, 1.54) is 5.56 Å². The maximum atomic E-state index is 13.0. The van der Waals surface area contributed by atoms with Crippen molar-refractivity contribution in [1.82, 2.24) is 9.80 Å². The maximum Gasteiger partial charge on any atom is 0.227 e. The number of benzene rings is 2. The van der Waals surface area contributed by atoms with Crippen LogP contribution in [0.3, 0.4) is 0 Å². The Morgan fingerprint density at radius 1 is 0.912 bits per heavy atom. The summed E-state index contributed by atoms with van der Waals surface area (Å²) in [5.74, 6) is 3.06. The Kier molecular flexibility index (Phi) is 9.05. The van der Waals surface area contributed by atoms with Crippen LogP contribution in [-0.4, -0.2) is 76.9 Å². The second kappa shape index (κ2) is 12.0. The molecule has 3 rings (SSSR count). The molecule has 186 valence electrons. The van der Waals surface area contributed by atoms with Gasteiger partial charge < -0.3 is 28.7 Å². The third-order valence-electron chi connectivity index (χ3n) is 6.71. The number of likely N-dealkylation sites (N-methyl/N-ethyl adjacent to an activating group) is 1. The van der Waals surface area contributed by atoms with Crippen molar-refractivity contribution in [1.29, 1.82) is 0 Å². The Bertz CT molecular complexity index is 978. The molecule has 0 fully saturated rings. The molecule has 34 heavy (non-hydrogen) atoms. The average molecular weight is 471 g/mol. The Hall–Kier alpha value is -2.93. The molecular formula is C27H38N2O5. The van der Waals surface area contributed by atoms with E-state index in [4.69, 9.17) is 18.9 Å². The van der Waals surface area contributed by atoms with E-state index in [1.54, 1.807) is 28.4 Å². The van der Waals surface area contributed by atoms with E-state index >= 15 is 0 Å². The SMILES string of the molecule is COc1ccc(CCCN(C)C(C)CN2CCc3cc(OC)c(OC)cc3CC2=O)cc1OC. The van der Waals surface area contributed by atoms with Gasteiger partial charge >= 0.3 is 0 Å². The van der Waals surface area contributed by atoms with Crippen molar-refractivity contribution >= 4 is 5.91 Å². The number of fused-ring (bicyclic) bond motifs is 1. The number of amides is 1. The molecule has 0 aromatic heterocycles. The van der Waals surface area contributed by atoms with Crippen LogP contribution in [0.2, 0.25) is 0 Å². The minimum atomic E-state index is 0.163. The third-order valence-corrected chi connectivity index (χ3v) is 6.71. The molecule has 0 saturated heterocycles. The number of methoxy groups -OCH3 is 4. The van der Waals surface area contributed by atoms with Crippen molar-refractivity contribution in [2.45, 2.75) is 38.6 Å². The van der Waals surface area contributed by atoms with Crippen molar-refractivity contribution in [2.75, 3.05) is 55.1 Å². The lowest BCUT2D eigenvalue weighted by atomic mass is 10.0. The normalized spacial score (nSPS) is 14.4. The zero-order valence-electron chi connectivity index (χ0n) is 21.3. The highest BCUT2D eigenvalue weighted by atomic mass is 16.5. The Labute approximate surface area is 203 Å². The predicted molar refractivity (Wildman–Crippen MR) is 133 cm³/mol. The van der Waals surface area contributed by atoms with E-state index in [-0.39, 0.29) is 11.9 Å². The summed E-state index contributed by atoms with van der Waals surface area (Å²) in [5, 5.41) is 0. The smallest absolute Gasteiger partial charge is 0.227 e. The summed E-state index contributed by atoms with van der Waals surface area (Å²) in [6.07, 6.45) is 3.19. The van der Waals surface area contributed by atoms with Crippen LogP contribution in [0.25, 0.3) is 0 Å². The molecule has 1 amide bonds. The van der Waals surface area contributed by atoms with Crippen LogP contribution < -0.4 is 18.9 Å². The number of nitrogens with zero attached hydrogens (tertiary/aromatic N) is 2. The molecule has 0 radical (unpaired) electrons. The number of carbonyl (C=O) groups excluding carboxylic acids is 1. The van der Waals surface area contributed by atoms with Crippen molar-refractivity contribution in [3.05, 3.63) is 47.0 Å². The lowest BCUT2D eigenvalue weighted by Gasteiger charge is -2.30. The molecule has 1 atom stereocenters. The minimum Gasteiger partial charge on any atom is -0.493 e. The van der Waals surface area contributed by atoms with Crippen LogP contribution in [0.15, 0.2) is 30.3 Å². The van der Waals surface area contributed by atoms with Crippen molar-refractivity contribution in [3.8, 4) is 23.0 Å². The summed E-state index contributed by atoms with van der Waals surface area (Å²) in [6, 6.07) is 10.3. The molecule has 1 aliphatic rings. The number of ether oxygens (including phenoxy) is 4. The van der Waals surface area contributed by atoms with E-state index in [1.807, 2.05) is 29.2 Å².